The molecule has 2 atom stereocenters. The number of rotatable bonds is 3. The van der Waals surface area contributed by atoms with Crippen molar-refractivity contribution in [2.45, 2.75) is 31.0 Å². The van der Waals surface area contributed by atoms with Crippen molar-refractivity contribution in [3.63, 3.8) is 0 Å². The molecule has 0 spiro atoms. The summed E-state index contributed by atoms with van der Waals surface area (Å²) in [5.74, 6) is -7.40. The van der Waals surface area contributed by atoms with Crippen LogP contribution in [0.15, 0.2) is 0 Å². The predicted octanol–water partition coefficient (Wildman–Crippen LogP) is 2.86. The van der Waals surface area contributed by atoms with E-state index in [0.29, 0.717) is 0 Å². The van der Waals surface area contributed by atoms with Crippen LogP contribution in [0.1, 0.15) is 23.8 Å². The third-order valence-corrected chi connectivity index (χ3v) is 2.50. The fourth-order valence-corrected chi connectivity index (χ4v) is 1.47. The Morgan fingerprint density at radius 1 is 0.909 bits per heavy atom. The predicted molar refractivity (Wildman–Crippen MR) is 50.8 cm³/mol. The van der Waals surface area contributed by atoms with Gasteiger partial charge in [-0.25, -0.2) is 13.8 Å². The van der Waals surface area contributed by atoms with Gasteiger partial charge in [0, 0.05) is 6.42 Å². The number of aliphatic hydroxyl groups excluding tert-OH is 2. The van der Waals surface area contributed by atoms with Gasteiger partial charge in [0.2, 0.25) is 5.95 Å². The minimum atomic E-state index is -5.57. The number of aliphatic hydroxyl groups is 2. The number of hydrogen-bond acceptors (Lipinski definition) is 3. The van der Waals surface area contributed by atoms with Crippen LogP contribution in [0.3, 0.4) is 0 Å². The van der Waals surface area contributed by atoms with Gasteiger partial charge >= 0.3 is 12.4 Å². The summed E-state index contributed by atoms with van der Waals surface area (Å²) in [6.45, 7) is 0. The first-order valence-electron chi connectivity index (χ1n) is 5.31. The van der Waals surface area contributed by atoms with E-state index in [1.165, 1.54) is 0 Å². The fourth-order valence-electron chi connectivity index (χ4n) is 1.47. The van der Waals surface area contributed by atoms with E-state index in [9.17, 15) is 44.6 Å². The summed E-state index contributed by atoms with van der Waals surface area (Å²) in [4.78, 5) is 1.98. The van der Waals surface area contributed by atoms with Crippen LogP contribution in [0.2, 0.25) is 0 Å². The van der Waals surface area contributed by atoms with Crippen molar-refractivity contribution in [1.29, 1.82) is 0 Å². The molecule has 0 radical (unpaired) electrons. The Morgan fingerprint density at radius 2 is 1.41 bits per heavy atom. The van der Waals surface area contributed by atoms with Gasteiger partial charge in [0.15, 0.2) is 23.4 Å². The van der Waals surface area contributed by atoms with Gasteiger partial charge in [-0.1, -0.05) is 0 Å². The molecule has 1 aromatic rings. The second-order valence-corrected chi connectivity index (χ2v) is 4.10. The largest absolute Gasteiger partial charge is 0.436 e. The second-order valence-electron chi connectivity index (χ2n) is 4.10. The van der Waals surface area contributed by atoms with Gasteiger partial charge in [-0.05, 0) is 0 Å². The summed E-state index contributed by atoms with van der Waals surface area (Å²) in [6, 6.07) is 0. The third kappa shape index (κ3) is 3.80. The van der Waals surface area contributed by atoms with Gasteiger partial charge in [-0.3, -0.25) is 0 Å². The van der Waals surface area contributed by atoms with Gasteiger partial charge in [-0.2, -0.15) is 30.7 Å². The first kappa shape index (κ1) is 18.5. The first-order valence-corrected chi connectivity index (χ1v) is 5.31. The fraction of sp³-hybridized carbons (Fsp3) is 0.500. The lowest BCUT2D eigenvalue weighted by Crippen LogP contribution is -2.31. The smallest absolute Gasteiger partial charge is 0.388 e. The van der Waals surface area contributed by atoms with Gasteiger partial charge in [0.1, 0.15) is 0 Å². The summed E-state index contributed by atoms with van der Waals surface area (Å²) in [5.41, 5.74) is -4.54. The Balaban J connectivity index is 3.32. The van der Waals surface area contributed by atoms with Gasteiger partial charge in [-0.15, -0.1) is 0 Å². The molecule has 126 valence electrons. The lowest BCUT2D eigenvalue weighted by atomic mass is 10.0. The molecule has 0 saturated carbocycles. The molecule has 0 fully saturated rings. The maximum Gasteiger partial charge on any atom is 0.436 e. The zero-order valence-electron chi connectivity index (χ0n) is 10.1. The van der Waals surface area contributed by atoms with Crippen molar-refractivity contribution in [2.75, 3.05) is 0 Å². The normalized spacial score (nSPS) is 15.8. The Bertz CT molecular complexity index is 555. The minimum absolute atomic E-state index is 1.79. The standard InChI is InChI=1S/C10H6F9NO2/c11-5-4(2(21)1-3(22)9(14,15)16)6(12)8(13)20-7(5)10(17,18)19/h2-3,21-22H,1H2. The Morgan fingerprint density at radius 3 is 1.82 bits per heavy atom. The van der Waals surface area contributed by atoms with E-state index in [1.54, 1.807) is 0 Å². The Kier molecular flexibility index (Phi) is 4.97. The van der Waals surface area contributed by atoms with E-state index >= 15 is 0 Å². The van der Waals surface area contributed by atoms with Gasteiger partial charge < -0.3 is 10.2 Å². The number of aromatic nitrogens is 1. The van der Waals surface area contributed by atoms with Gasteiger partial charge in [0.25, 0.3) is 0 Å². The molecule has 1 heterocycles. The highest BCUT2D eigenvalue weighted by Gasteiger charge is 2.43. The van der Waals surface area contributed by atoms with E-state index in [1.807, 2.05) is 4.98 Å². The molecule has 2 unspecified atom stereocenters. The summed E-state index contributed by atoms with van der Waals surface area (Å²) < 4.78 is 113. The maximum absolute atomic E-state index is 13.5. The van der Waals surface area contributed by atoms with Crippen LogP contribution in [-0.4, -0.2) is 27.5 Å². The molecule has 0 saturated heterocycles. The minimum Gasteiger partial charge on any atom is -0.388 e. The zero-order valence-corrected chi connectivity index (χ0v) is 10.1. The topological polar surface area (TPSA) is 53.4 Å². The van der Waals surface area contributed by atoms with Crippen LogP contribution in [0.5, 0.6) is 0 Å². The van der Waals surface area contributed by atoms with Gasteiger partial charge in [0.05, 0.1) is 11.7 Å². The van der Waals surface area contributed by atoms with Crippen molar-refractivity contribution in [1.82, 2.24) is 4.98 Å². The Labute approximate surface area is 116 Å². The average molecular weight is 343 g/mol. The maximum atomic E-state index is 13.5. The average Bonchev–Trinajstić information content (AvgIpc) is 2.31. The molecule has 22 heavy (non-hydrogen) atoms. The van der Waals surface area contributed by atoms with E-state index in [0.717, 1.165) is 0 Å². The number of halogens is 9. The molecule has 0 aromatic carbocycles. The lowest BCUT2D eigenvalue weighted by molar-refractivity contribution is -0.211. The molecule has 0 bridgehead atoms. The number of nitrogens with zero attached hydrogens (tertiary/aromatic N) is 1. The summed E-state index contributed by atoms with van der Waals surface area (Å²) in [6.07, 6.45) is -18.8. The van der Waals surface area contributed by atoms with E-state index in [4.69, 9.17) is 5.11 Å². The molecule has 12 heteroatoms. The molecule has 0 aliphatic heterocycles. The molecule has 2 N–H and O–H groups in total. The summed E-state index contributed by atoms with van der Waals surface area (Å²) in [7, 11) is 0. The van der Waals surface area contributed by atoms with Crippen molar-refractivity contribution in [3.8, 4) is 0 Å². The summed E-state index contributed by atoms with van der Waals surface area (Å²) in [5, 5.41) is 17.9. The highest BCUT2D eigenvalue weighted by atomic mass is 19.4. The first-order chi connectivity index (χ1) is 9.76. The number of hydrogen-bond donors (Lipinski definition) is 2. The van der Waals surface area contributed by atoms with Crippen LogP contribution in [-0.2, 0) is 6.18 Å². The summed E-state index contributed by atoms with van der Waals surface area (Å²) >= 11 is 0. The molecular weight excluding hydrogens is 337 g/mol. The van der Waals surface area contributed by atoms with Crippen LogP contribution >= 0.6 is 0 Å². The van der Waals surface area contributed by atoms with E-state index in [-0.39, 0.29) is 0 Å². The third-order valence-electron chi connectivity index (χ3n) is 2.50. The quantitative estimate of drug-likeness (QED) is 0.656. The van der Waals surface area contributed by atoms with E-state index in [2.05, 4.69) is 0 Å². The van der Waals surface area contributed by atoms with Crippen LogP contribution in [0.4, 0.5) is 39.5 Å². The van der Waals surface area contributed by atoms with Crippen molar-refractivity contribution >= 4 is 0 Å². The van der Waals surface area contributed by atoms with Crippen LogP contribution in [0.25, 0.3) is 0 Å². The SMILES string of the molecule is OC(CC(O)C(F)(F)F)c1c(F)c(F)nc(C(F)(F)F)c1F. The molecule has 1 rings (SSSR count). The Hall–Kier alpha value is -1.56. The number of pyridine rings is 1. The highest BCUT2D eigenvalue weighted by Crippen LogP contribution is 2.36. The van der Waals surface area contributed by atoms with Crippen LogP contribution < -0.4 is 0 Å². The van der Waals surface area contributed by atoms with Crippen molar-refractivity contribution < 1.29 is 49.7 Å². The molecule has 0 amide bonds. The number of alkyl halides is 6. The highest BCUT2D eigenvalue weighted by molar-refractivity contribution is 5.26. The molecule has 1 aromatic heterocycles. The molecule has 3 nitrogen and oxygen atoms in total. The van der Waals surface area contributed by atoms with Crippen molar-refractivity contribution in [2.24, 2.45) is 0 Å². The van der Waals surface area contributed by atoms with Crippen molar-refractivity contribution in [3.05, 3.63) is 28.8 Å². The molecular formula is C10H6F9NO2. The monoisotopic (exact) mass is 343 g/mol. The lowest BCUT2D eigenvalue weighted by Gasteiger charge is -2.20. The zero-order chi connectivity index (χ0) is 17.5. The second kappa shape index (κ2) is 5.91. The van der Waals surface area contributed by atoms with Crippen LogP contribution in [0, 0.1) is 17.6 Å². The van der Waals surface area contributed by atoms with E-state index < -0.39 is 59.8 Å². The molecule has 0 aliphatic carbocycles. The molecule has 0 aliphatic rings.